The average Bonchev–Trinajstić information content (AvgIpc) is 2.38. The number of amides is 3. The van der Waals surface area contributed by atoms with E-state index in [0.717, 1.165) is 0 Å². The van der Waals surface area contributed by atoms with Crippen LogP contribution >= 0.6 is 0 Å². The van der Waals surface area contributed by atoms with E-state index in [4.69, 9.17) is 9.47 Å². The van der Waals surface area contributed by atoms with Crippen LogP contribution in [0.1, 0.15) is 20.8 Å². The molecule has 0 aliphatic carbocycles. The van der Waals surface area contributed by atoms with Crippen molar-refractivity contribution in [1.29, 1.82) is 0 Å². The van der Waals surface area contributed by atoms with Crippen LogP contribution in [0.3, 0.4) is 0 Å². The molecule has 20 heavy (non-hydrogen) atoms. The van der Waals surface area contributed by atoms with Gasteiger partial charge in [-0.25, -0.2) is 4.79 Å². The lowest BCUT2D eigenvalue weighted by atomic mass is 10.2. The van der Waals surface area contributed by atoms with Gasteiger partial charge in [-0.15, -0.1) is 0 Å². The number of hydrogen-bond donors (Lipinski definition) is 3. The quantitative estimate of drug-likeness (QED) is 0.471. The zero-order valence-electron chi connectivity index (χ0n) is 12.7. The van der Waals surface area contributed by atoms with Crippen molar-refractivity contribution in [3.8, 4) is 0 Å². The van der Waals surface area contributed by atoms with Crippen molar-refractivity contribution in [2.24, 2.45) is 5.92 Å². The average molecular weight is 289 g/mol. The number of nitrogens with one attached hydrogen (secondary N) is 3. The van der Waals surface area contributed by atoms with Gasteiger partial charge in [-0.1, -0.05) is 13.8 Å². The molecular weight excluding hydrogens is 262 g/mol. The summed E-state index contributed by atoms with van der Waals surface area (Å²) >= 11 is 0. The van der Waals surface area contributed by atoms with Gasteiger partial charge in [-0.05, 0) is 5.92 Å². The molecule has 0 aromatic heterocycles. The van der Waals surface area contributed by atoms with Gasteiger partial charge in [0.05, 0.1) is 26.4 Å². The Labute approximate surface area is 120 Å². The summed E-state index contributed by atoms with van der Waals surface area (Å²) in [5, 5.41) is 8.08. The highest BCUT2D eigenvalue weighted by Gasteiger charge is 2.00. The second-order valence-corrected chi connectivity index (χ2v) is 4.74. The summed E-state index contributed by atoms with van der Waals surface area (Å²) in [4.78, 5) is 21.8. The van der Waals surface area contributed by atoms with Crippen molar-refractivity contribution in [3.63, 3.8) is 0 Å². The zero-order valence-corrected chi connectivity index (χ0v) is 12.7. The summed E-state index contributed by atoms with van der Waals surface area (Å²) in [6.07, 6.45) is 0. The van der Waals surface area contributed by atoms with Crippen molar-refractivity contribution in [2.75, 3.05) is 46.1 Å². The second kappa shape index (κ2) is 12.7. The smallest absolute Gasteiger partial charge is 0.314 e. The molecular formula is C13H27N3O4. The summed E-state index contributed by atoms with van der Waals surface area (Å²) in [5.41, 5.74) is 0. The highest BCUT2D eigenvalue weighted by molar-refractivity contribution is 5.73. The number of rotatable bonds is 11. The topological polar surface area (TPSA) is 88.7 Å². The van der Waals surface area contributed by atoms with E-state index in [-0.39, 0.29) is 11.9 Å². The molecule has 7 nitrogen and oxygen atoms in total. The highest BCUT2D eigenvalue weighted by Crippen LogP contribution is 1.86. The van der Waals surface area contributed by atoms with Crippen molar-refractivity contribution < 1.29 is 19.1 Å². The largest absolute Gasteiger partial charge is 0.377 e. The maximum absolute atomic E-state index is 11.3. The van der Waals surface area contributed by atoms with E-state index in [1.165, 1.54) is 6.92 Å². The fraction of sp³-hybridized carbons (Fsp3) is 0.846. The van der Waals surface area contributed by atoms with Gasteiger partial charge in [0.25, 0.3) is 0 Å². The fourth-order valence-corrected chi connectivity index (χ4v) is 1.22. The van der Waals surface area contributed by atoms with Crippen molar-refractivity contribution >= 4 is 11.9 Å². The number of urea groups is 1. The van der Waals surface area contributed by atoms with Crippen LogP contribution in [0.2, 0.25) is 0 Å². The van der Waals surface area contributed by atoms with E-state index >= 15 is 0 Å². The molecule has 0 saturated carbocycles. The highest BCUT2D eigenvalue weighted by atomic mass is 16.5. The SMILES string of the molecule is CC(=O)NCCOCCOCCNC(=O)NCC(C)C. The van der Waals surface area contributed by atoms with Crippen molar-refractivity contribution in [2.45, 2.75) is 20.8 Å². The minimum absolute atomic E-state index is 0.0633. The third-order valence-electron chi connectivity index (χ3n) is 2.20. The van der Waals surface area contributed by atoms with Crippen LogP contribution in [0.15, 0.2) is 0 Å². The predicted octanol–water partition coefficient (Wildman–Crippen LogP) is 0.111. The van der Waals surface area contributed by atoms with Crippen molar-refractivity contribution in [1.82, 2.24) is 16.0 Å². The molecule has 0 aromatic rings. The third-order valence-corrected chi connectivity index (χ3v) is 2.20. The molecule has 0 aromatic carbocycles. The molecule has 0 saturated heterocycles. The minimum atomic E-state index is -0.172. The van der Waals surface area contributed by atoms with Gasteiger partial charge < -0.3 is 25.4 Å². The minimum Gasteiger partial charge on any atom is -0.377 e. The van der Waals surface area contributed by atoms with Crippen LogP contribution in [-0.2, 0) is 14.3 Å². The maximum atomic E-state index is 11.3. The Balaban J connectivity index is 3.16. The first-order valence-electron chi connectivity index (χ1n) is 6.94. The van der Waals surface area contributed by atoms with E-state index in [9.17, 15) is 9.59 Å². The lowest BCUT2D eigenvalue weighted by Gasteiger charge is -2.10. The molecule has 0 radical (unpaired) electrons. The molecule has 118 valence electrons. The number of ether oxygens (including phenoxy) is 2. The van der Waals surface area contributed by atoms with Crippen molar-refractivity contribution in [3.05, 3.63) is 0 Å². The molecule has 0 aliphatic rings. The van der Waals surface area contributed by atoms with Crippen LogP contribution in [-0.4, -0.2) is 58.0 Å². The van der Waals surface area contributed by atoms with E-state index < -0.39 is 0 Å². The lowest BCUT2D eigenvalue weighted by Crippen LogP contribution is -2.39. The van der Waals surface area contributed by atoms with Crippen LogP contribution in [0.5, 0.6) is 0 Å². The Morgan fingerprint density at radius 2 is 1.45 bits per heavy atom. The van der Waals surface area contributed by atoms with Crippen LogP contribution in [0.4, 0.5) is 4.79 Å². The zero-order chi connectivity index (χ0) is 15.2. The Morgan fingerprint density at radius 1 is 0.900 bits per heavy atom. The van der Waals surface area contributed by atoms with Crippen LogP contribution in [0.25, 0.3) is 0 Å². The second-order valence-electron chi connectivity index (χ2n) is 4.74. The first kappa shape index (κ1) is 18.7. The Hall–Kier alpha value is -1.34. The van der Waals surface area contributed by atoms with Gasteiger partial charge in [0.2, 0.25) is 5.91 Å². The molecule has 0 heterocycles. The Bertz CT molecular complexity index is 272. The molecule has 3 N–H and O–H groups in total. The van der Waals surface area contributed by atoms with E-state index in [1.54, 1.807) is 0 Å². The van der Waals surface area contributed by atoms with Crippen LogP contribution in [0, 0.1) is 5.92 Å². The fourth-order valence-electron chi connectivity index (χ4n) is 1.22. The normalized spacial score (nSPS) is 10.4. The van der Waals surface area contributed by atoms with Gasteiger partial charge in [-0.2, -0.15) is 0 Å². The molecule has 3 amide bonds. The summed E-state index contributed by atoms with van der Waals surface area (Å²) in [6.45, 7) is 9.03. The number of carbonyl (C=O) groups excluding carboxylic acids is 2. The molecule has 0 fully saturated rings. The molecule has 0 unspecified atom stereocenters. The summed E-state index contributed by atoms with van der Waals surface area (Å²) < 4.78 is 10.5. The first-order chi connectivity index (χ1) is 9.52. The number of hydrogen-bond acceptors (Lipinski definition) is 4. The van der Waals surface area contributed by atoms with Gasteiger partial charge in [-0.3, -0.25) is 4.79 Å². The Morgan fingerprint density at radius 3 is 1.95 bits per heavy atom. The molecule has 0 aliphatic heterocycles. The van der Waals surface area contributed by atoms with Gasteiger partial charge in [0, 0.05) is 26.6 Å². The molecule has 0 bridgehead atoms. The third kappa shape index (κ3) is 14.7. The standard InChI is InChI=1S/C13H27N3O4/c1-11(2)10-16-13(18)15-5-7-20-9-8-19-6-4-14-12(3)17/h11H,4-10H2,1-3H3,(H,14,17)(H2,15,16,18). The monoisotopic (exact) mass is 289 g/mol. The summed E-state index contributed by atoms with van der Waals surface area (Å²) in [6, 6.07) is -0.172. The summed E-state index contributed by atoms with van der Waals surface area (Å²) in [5.74, 6) is 0.373. The van der Waals surface area contributed by atoms with E-state index in [1.807, 2.05) is 13.8 Å². The van der Waals surface area contributed by atoms with E-state index in [2.05, 4.69) is 16.0 Å². The summed E-state index contributed by atoms with van der Waals surface area (Å²) in [7, 11) is 0. The maximum Gasteiger partial charge on any atom is 0.314 e. The molecule has 0 spiro atoms. The van der Waals surface area contributed by atoms with Gasteiger partial charge in [0.1, 0.15) is 0 Å². The number of carbonyl (C=O) groups is 2. The lowest BCUT2D eigenvalue weighted by molar-refractivity contribution is -0.119. The van der Waals surface area contributed by atoms with Gasteiger partial charge >= 0.3 is 6.03 Å². The van der Waals surface area contributed by atoms with E-state index in [0.29, 0.717) is 52.0 Å². The van der Waals surface area contributed by atoms with Gasteiger partial charge in [0.15, 0.2) is 0 Å². The molecule has 0 atom stereocenters. The van der Waals surface area contributed by atoms with Crippen LogP contribution < -0.4 is 16.0 Å². The predicted molar refractivity (Wildman–Crippen MR) is 76.6 cm³/mol. The Kier molecular flexibility index (Phi) is 11.8. The molecule has 7 heteroatoms. The first-order valence-corrected chi connectivity index (χ1v) is 6.94. The molecule has 0 rings (SSSR count).